The third-order valence-corrected chi connectivity index (χ3v) is 13.6. The molecule has 3 N–H and O–H groups in total. The molecule has 3 saturated heterocycles. The van der Waals surface area contributed by atoms with Gasteiger partial charge in [0.1, 0.15) is 35.5 Å². The van der Waals surface area contributed by atoms with Gasteiger partial charge in [0.05, 0.1) is 17.8 Å². The van der Waals surface area contributed by atoms with E-state index in [0.717, 1.165) is 0 Å². The number of methoxy groups -OCH3 is 1. The minimum atomic E-state index is -1.59. The fraction of sp³-hybridized carbons (Fsp3) is 0.707. The minimum absolute atomic E-state index is 0.0499. The van der Waals surface area contributed by atoms with Gasteiger partial charge in [-0.2, -0.15) is 0 Å². The molecule has 15 atom stereocenters. The molecule has 5 rings (SSSR count). The number of aromatic nitrogens is 3. The molecule has 3 aliphatic rings. The van der Waals surface area contributed by atoms with Crippen LogP contribution in [0.15, 0.2) is 29.6 Å². The van der Waals surface area contributed by atoms with Crippen LogP contribution in [0.5, 0.6) is 0 Å². The van der Waals surface area contributed by atoms with Crippen molar-refractivity contribution in [1.29, 1.82) is 0 Å². The molecule has 0 aromatic carbocycles. The Morgan fingerprint density at radius 1 is 1.03 bits per heavy atom. The molecule has 17 nitrogen and oxygen atoms in total. The average molecular weight is 845 g/mol. The Hall–Kier alpha value is -3.94. The van der Waals surface area contributed by atoms with E-state index in [1.54, 1.807) is 60.7 Å². The van der Waals surface area contributed by atoms with E-state index in [2.05, 4.69) is 20.3 Å². The number of ketones is 2. The molecule has 3 aliphatic heterocycles. The van der Waals surface area contributed by atoms with Crippen molar-refractivity contribution in [3.8, 4) is 10.7 Å². The second-order valence-electron chi connectivity index (χ2n) is 17.0. The number of nitrogens with two attached hydrogens (primary N) is 1. The number of aliphatic hydroxyl groups is 1. The number of rotatable bonds is 9. The fourth-order valence-electron chi connectivity index (χ4n) is 8.80. The summed E-state index contributed by atoms with van der Waals surface area (Å²) in [6.45, 7) is 14.9. The molecule has 0 aliphatic carbocycles. The molecule has 18 heteroatoms. The number of ether oxygens (including phenoxy) is 5. The topological polar surface area (TPSA) is 224 Å². The summed E-state index contributed by atoms with van der Waals surface area (Å²) in [5.74, 6) is -8.94. The predicted molar refractivity (Wildman–Crippen MR) is 215 cm³/mol. The van der Waals surface area contributed by atoms with Crippen LogP contribution in [0.4, 0.5) is 0 Å². The van der Waals surface area contributed by atoms with Gasteiger partial charge in [-0.05, 0) is 80.6 Å². The molecule has 59 heavy (non-hydrogen) atoms. The van der Waals surface area contributed by atoms with Crippen LogP contribution in [0.2, 0.25) is 0 Å². The molecule has 0 amide bonds. The second-order valence-corrected chi connectivity index (χ2v) is 18.0. The van der Waals surface area contributed by atoms with Crippen LogP contribution in [0.3, 0.4) is 0 Å². The van der Waals surface area contributed by atoms with Gasteiger partial charge in [-0.3, -0.25) is 24.2 Å². The molecule has 0 bridgehead atoms. The molecule has 3 fully saturated rings. The number of Topliss-reactive ketones (excluding diaryl/α,β-unsaturated/α-hetero) is 2. The maximum absolute atomic E-state index is 14.7. The summed E-state index contributed by atoms with van der Waals surface area (Å²) in [6, 6.07) is 5.13. The summed E-state index contributed by atoms with van der Waals surface area (Å²) >= 11 is 1.26. The number of hydrogen-bond donors (Lipinski definition) is 2. The summed E-state index contributed by atoms with van der Waals surface area (Å²) in [7, 11) is 5.16. The van der Waals surface area contributed by atoms with Crippen LogP contribution in [-0.2, 0) is 47.7 Å². The number of carbonyl (C=O) groups is 4. The zero-order valence-corrected chi connectivity index (χ0v) is 36.8. The van der Waals surface area contributed by atoms with Gasteiger partial charge < -0.3 is 44.3 Å². The Bertz CT molecular complexity index is 1860. The molecule has 5 heterocycles. The van der Waals surface area contributed by atoms with Crippen LogP contribution in [-0.4, -0.2) is 124 Å². The van der Waals surface area contributed by atoms with E-state index in [1.807, 2.05) is 38.1 Å². The summed E-state index contributed by atoms with van der Waals surface area (Å²) < 4.78 is 30.8. The van der Waals surface area contributed by atoms with Gasteiger partial charge in [0, 0.05) is 43.0 Å². The molecule has 0 spiro atoms. The largest absolute Gasteiger partial charge is 0.458 e. The summed E-state index contributed by atoms with van der Waals surface area (Å²) in [6.07, 6.45) is -3.25. The standard InChI is InChI=1S/C41H60N6O11S/c1-19-18-40(8,53-12)33(56-39-32(50)27(47(10)11)17-20(2)54-39)22(4)31(49)23(5)37(51)55-25(7)41(9)29(21(3)30(19)48)28(38(52)57-41)34(42)46-58-24(6)35-44-45-36(59-35)26-15-13-14-16-43-26/h13-16,19-25,27-29,32-33,39,50H,17-18H2,1-12H3,(H2,42,46)/t19-,20-,21-,22+,23-,24+,25+,27+,28-,29+,32-,33-,39?,40-,41-/m1/s1. The zero-order valence-electron chi connectivity index (χ0n) is 36.0. The first-order valence-corrected chi connectivity index (χ1v) is 20.9. The Kier molecular flexibility index (Phi) is 14.4. The SMILES string of the molecule is CO[C@]1(C)C[C@@H](C)C(=O)[C@H](C)[C@H]2[C@H](/C(N)=N/O[C@@H](C)c3nnc(-c4ccccn4)s3)C(=O)O[C@]2(C)[C@H](C)OC(=O)[C@H](C)C(=O)[C@H](C)[C@H]1OC1O[C@H](C)C[C@H](N(C)C)[C@H]1O. The van der Waals surface area contributed by atoms with Crippen molar-refractivity contribution < 1.29 is 52.8 Å². The van der Waals surface area contributed by atoms with Gasteiger partial charge in [-0.1, -0.05) is 43.3 Å². The van der Waals surface area contributed by atoms with Crippen molar-refractivity contribution in [3.05, 3.63) is 29.4 Å². The summed E-state index contributed by atoms with van der Waals surface area (Å²) in [5.41, 5.74) is 4.28. The van der Waals surface area contributed by atoms with Crippen LogP contribution in [0, 0.1) is 35.5 Å². The summed E-state index contributed by atoms with van der Waals surface area (Å²) in [5, 5.41) is 25.1. The Morgan fingerprint density at radius 3 is 2.36 bits per heavy atom. The number of cyclic esters (lactones) is 1. The van der Waals surface area contributed by atoms with Gasteiger partial charge in [-0.25, -0.2) is 0 Å². The second kappa shape index (κ2) is 18.4. The molecular formula is C41H60N6O11S. The van der Waals surface area contributed by atoms with Crippen molar-refractivity contribution >= 4 is 40.7 Å². The van der Waals surface area contributed by atoms with Crippen molar-refractivity contribution in [2.75, 3.05) is 21.2 Å². The molecular weight excluding hydrogens is 785 g/mol. The number of hydrogen-bond acceptors (Lipinski definition) is 17. The molecule has 1 unspecified atom stereocenters. The van der Waals surface area contributed by atoms with E-state index < -0.39 is 95.1 Å². The van der Waals surface area contributed by atoms with Gasteiger partial charge in [-0.15, -0.1) is 10.2 Å². The Morgan fingerprint density at radius 2 is 1.73 bits per heavy atom. The monoisotopic (exact) mass is 844 g/mol. The number of fused-ring (bicyclic) bond motifs is 1. The number of likely N-dealkylation sites (N-methyl/N-ethyl adjacent to an activating group) is 1. The normalized spacial score (nSPS) is 38.3. The van der Waals surface area contributed by atoms with E-state index >= 15 is 0 Å². The lowest BCUT2D eigenvalue weighted by Gasteiger charge is -2.47. The summed E-state index contributed by atoms with van der Waals surface area (Å²) in [4.78, 5) is 68.6. The van der Waals surface area contributed by atoms with E-state index in [4.69, 9.17) is 34.3 Å². The van der Waals surface area contributed by atoms with Gasteiger partial charge in [0.15, 0.2) is 39.6 Å². The van der Waals surface area contributed by atoms with Gasteiger partial charge in [0.2, 0.25) is 0 Å². The van der Waals surface area contributed by atoms with Crippen molar-refractivity contribution in [3.63, 3.8) is 0 Å². The van der Waals surface area contributed by atoms with Gasteiger partial charge in [0.25, 0.3) is 0 Å². The highest BCUT2D eigenvalue weighted by atomic mass is 32.1. The molecule has 0 saturated carbocycles. The third-order valence-electron chi connectivity index (χ3n) is 12.5. The number of carbonyl (C=O) groups excluding carboxylic acids is 4. The average Bonchev–Trinajstić information content (AvgIpc) is 3.81. The Balaban J connectivity index is 1.48. The fourth-order valence-corrected chi connectivity index (χ4v) is 9.59. The van der Waals surface area contributed by atoms with Crippen molar-refractivity contribution in [2.45, 2.75) is 129 Å². The molecule has 2 aromatic rings. The number of aliphatic hydroxyl groups excluding tert-OH is 1. The number of esters is 2. The van der Waals surface area contributed by atoms with Crippen LogP contribution in [0.25, 0.3) is 10.7 Å². The number of pyridine rings is 1. The lowest BCUT2D eigenvalue weighted by Crippen LogP contribution is -2.59. The first kappa shape index (κ1) is 46.1. The van der Waals surface area contributed by atoms with Crippen LogP contribution in [0.1, 0.15) is 86.3 Å². The number of oxime groups is 1. The van der Waals surface area contributed by atoms with Crippen LogP contribution >= 0.6 is 11.3 Å². The Labute approximate surface area is 349 Å². The minimum Gasteiger partial charge on any atom is -0.458 e. The highest BCUT2D eigenvalue weighted by Crippen LogP contribution is 2.47. The lowest BCUT2D eigenvalue weighted by atomic mass is 9.67. The van der Waals surface area contributed by atoms with Crippen molar-refractivity contribution in [2.24, 2.45) is 46.4 Å². The van der Waals surface area contributed by atoms with E-state index in [-0.39, 0.29) is 30.2 Å². The number of amidine groups is 1. The predicted octanol–water partition coefficient (Wildman–Crippen LogP) is 3.73. The van der Waals surface area contributed by atoms with Gasteiger partial charge >= 0.3 is 11.9 Å². The first-order valence-electron chi connectivity index (χ1n) is 20.1. The third kappa shape index (κ3) is 9.37. The van der Waals surface area contributed by atoms with Crippen LogP contribution < -0.4 is 5.73 Å². The quantitative estimate of drug-likeness (QED) is 0.121. The molecule has 326 valence electrons. The highest BCUT2D eigenvalue weighted by molar-refractivity contribution is 7.14. The van der Waals surface area contributed by atoms with Crippen molar-refractivity contribution in [1.82, 2.24) is 20.1 Å². The molecule has 0 radical (unpaired) electrons. The highest BCUT2D eigenvalue weighted by Gasteiger charge is 2.62. The smallest absolute Gasteiger partial charge is 0.317 e. The number of nitrogens with zero attached hydrogens (tertiary/aromatic N) is 5. The van der Waals surface area contributed by atoms with E-state index in [0.29, 0.717) is 22.1 Å². The van der Waals surface area contributed by atoms with E-state index in [9.17, 15) is 24.3 Å². The first-order chi connectivity index (χ1) is 27.6. The maximum atomic E-state index is 14.7. The lowest BCUT2D eigenvalue weighted by molar-refractivity contribution is -0.295. The zero-order chi connectivity index (χ0) is 43.7. The maximum Gasteiger partial charge on any atom is 0.317 e. The molecule has 2 aromatic heterocycles. The van der Waals surface area contributed by atoms with E-state index in [1.165, 1.54) is 25.4 Å².